The molecule has 146 valence electrons. The molecule has 2 fully saturated rings. The first-order chi connectivity index (χ1) is 13.4. The number of anilines is 2. The zero-order valence-corrected chi connectivity index (χ0v) is 15.0. The van der Waals surface area contributed by atoms with Gasteiger partial charge in [0.05, 0.1) is 24.1 Å². The highest BCUT2D eigenvalue weighted by molar-refractivity contribution is 6.07. The molecule has 2 aromatic heterocycles. The van der Waals surface area contributed by atoms with Crippen molar-refractivity contribution in [2.45, 2.75) is 31.2 Å². The number of nitrogens with one attached hydrogen (secondary N) is 2. The topological polar surface area (TPSA) is 87.2 Å². The summed E-state index contributed by atoms with van der Waals surface area (Å²) in [5.74, 6) is -3.54. The van der Waals surface area contributed by atoms with Crippen LogP contribution >= 0.6 is 0 Å². The van der Waals surface area contributed by atoms with Gasteiger partial charge in [-0.2, -0.15) is 0 Å². The van der Waals surface area contributed by atoms with E-state index in [4.69, 9.17) is 0 Å². The Morgan fingerprint density at radius 2 is 2.00 bits per heavy atom. The third kappa shape index (κ3) is 4.08. The van der Waals surface area contributed by atoms with E-state index in [1.807, 2.05) is 0 Å². The Kier molecular flexibility index (Phi) is 4.66. The Bertz CT molecular complexity index is 917. The van der Waals surface area contributed by atoms with Gasteiger partial charge in [0.15, 0.2) is 0 Å². The maximum atomic E-state index is 13.6. The predicted molar refractivity (Wildman–Crippen MR) is 98.7 cm³/mol. The van der Waals surface area contributed by atoms with E-state index in [0.29, 0.717) is 11.4 Å². The molecule has 2 aliphatic rings. The predicted octanol–water partition coefficient (Wildman–Crippen LogP) is 2.47. The van der Waals surface area contributed by atoms with Crippen LogP contribution in [0.1, 0.15) is 40.1 Å². The molecule has 0 aromatic carbocycles. The van der Waals surface area contributed by atoms with Crippen LogP contribution in [0.25, 0.3) is 0 Å². The zero-order chi connectivity index (χ0) is 19.7. The minimum Gasteiger partial charge on any atom is -0.364 e. The van der Waals surface area contributed by atoms with Gasteiger partial charge in [-0.05, 0) is 31.0 Å². The first-order valence-corrected chi connectivity index (χ1v) is 9.06. The van der Waals surface area contributed by atoms with Crippen molar-refractivity contribution in [2.75, 3.05) is 23.3 Å². The van der Waals surface area contributed by atoms with Gasteiger partial charge < -0.3 is 15.5 Å². The number of amides is 2. The molecule has 3 heterocycles. The first-order valence-electron chi connectivity index (χ1n) is 9.06. The van der Waals surface area contributed by atoms with Gasteiger partial charge in [0.2, 0.25) is 0 Å². The van der Waals surface area contributed by atoms with Gasteiger partial charge in [0.1, 0.15) is 5.69 Å². The van der Waals surface area contributed by atoms with E-state index in [-0.39, 0.29) is 36.2 Å². The molecule has 0 spiro atoms. The Morgan fingerprint density at radius 3 is 2.71 bits per heavy atom. The number of pyridine rings is 2. The average Bonchev–Trinajstić information content (AvgIpc) is 3.42. The van der Waals surface area contributed by atoms with Crippen LogP contribution in [-0.4, -0.2) is 46.8 Å². The summed E-state index contributed by atoms with van der Waals surface area (Å²) in [6, 6.07) is 4.68. The fourth-order valence-electron chi connectivity index (χ4n) is 3.08. The summed E-state index contributed by atoms with van der Waals surface area (Å²) in [5.41, 5.74) is 1.23. The number of halogens is 2. The summed E-state index contributed by atoms with van der Waals surface area (Å²) in [6.45, 7) is -0.207. The molecular formula is C19H19F2N5O2. The standard InChI is InChI=1S/C19H19F2N5O2/c20-19(21)5-8-26(11-19)16-4-6-22-10-15(16)25-17(27)12-3-7-23-14(9-12)18(28)24-13-1-2-13/h3-4,6-7,9-10,13H,1-2,5,8,11H2,(H,24,28)(H,25,27). The van der Waals surface area contributed by atoms with Crippen LogP contribution in [0.5, 0.6) is 0 Å². The van der Waals surface area contributed by atoms with E-state index in [1.54, 1.807) is 6.07 Å². The molecule has 4 rings (SSSR count). The second-order valence-corrected chi connectivity index (χ2v) is 7.05. The van der Waals surface area contributed by atoms with Crippen molar-refractivity contribution in [3.8, 4) is 0 Å². The van der Waals surface area contributed by atoms with Crippen molar-refractivity contribution >= 4 is 23.2 Å². The van der Waals surface area contributed by atoms with Crippen molar-refractivity contribution < 1.29 is 18.4 Å². The monoisotopic (exact) mass is 387 g/mol. The van der Waals surface area contributed by atoms with E-state index in [0.717, 1.165) is 12.8 Å². The third-order valence-corrected chi connectivity index (χ3v) is 4.72. The Labute approximate surface area is 160 Å². The van der Waals surface area contributed by atoms with Gasteiger partial charge in [0, 0.05) is 37.0 Å². The summed E-state index contributed by atoms with van der Waals surface area (Å²) >= 11 is 0. The van der Waals surface area contributed by atoms with Crippen LogP contribution in [-0.2, 0) is 0 Å². The highest BCUT2D eigenvalue weighted by Gasteiger charge is 2.39. The highest BCUT2D eigenvalue weighted by atomic mass is 19.3. The molecule has 1 saturated heterocycles. The molecule has 7 nitrogen and oxygen atoms in total. The number of carbonyl (C=O) groups excluding carboxylic acids is 2. The van der Waals surface area contributed by atoms with Crippen LogP contribution in [0.15, 0.2) is 36.8 Å². The van der Waals surface area contributed by atoms with Crippen LogP contribution in [0.4, 0.5) is 20.2 Å². The minimum absolute atomic E-state index is 0.158. The number of nitrogens with zero attached hydrogens (tertiary/aromatic N) is 3. The van der Waals surface area contributed by atoms with Crippen molar-refractivity contribution in [3.63, 3.8) is 0 Å². The summed E-state index contributed by atoms with van der Waals surface area (Å²) in [7, 11) is 0. The van der Waals surface area contributed by atoms with E-state index in [9.17, 15) is 18.4 Å². The molecule has 0 radical (unpaired) electrons. The second-order valence-electron chi connectivity index (χ2n) is 7.05. The van der Waals surface area contributed by atoms with Gasteiger partial charge in [-0.15, -0.1) is 0 Å². The van der Waals surface area contributed by atoms with Crippen molar-refractivity contribution in [3.05, 3.63) is 48.0 Å². The summed E-state index contributed by atoms with van der Waals surface area (Å²) in [4.78, 5) is 34.3. The Hall–Kier alpha value is -3.10. The van der Waals surface area contributed by atoms with Gasteiger partial charge >= 0.3 is 0 Å². The van der Waals surface area contributed by atoms with E-state index in [2.05, 4.69) is 20.6 Å². The molecule has 2 amide bonds. The van der Waals surface area contributed by atoms with Crippen LogP contribution in [0.2, 0.25) is 0 Å². The van der Waals surface area contributed by atoms with Crippen molar-refractivity contribution in [1.82, 2.24) is 15.3 Å². The molecule has 1 saturated carbocycles. The van der Waals surface area contributed by atoms with Gasteiger partial charge in [-0.25, -0.2) is 8.78 Å². The molecule has 0 unspecified atom stereocenters. The van der Waals surface area contributed by atoms with Gasteiger partial charge in [-0.3, -0.25) is 19.6 Å². The Morgan fingerprint density at radius 1 is 1.18 bits per heavy atom. The molecular weight excluding hydrogens is 368 g/mol. The first kappa shape index (κ1) is 18.3. The summed E-state index contributed by atoms with van der Waals surface area (Å²) in [5, 5.41) is 5.52. The normalized spacial score (nSPS) is 18.0. The second kappa shape index (κ2) is 7.14. The molecule has 1 aliphatic heterocycles. The number of rotatable bonds is 5. The summed E-state index contributed by atoms with van der Waals surface area (Å²) < 4.78 is 27.1. The quantitative estimate of drug-likeness (QED) is 0.823. The van der Waals surface area contributed by atoms with Crippen molar-refractivity contribution in [2.24, 2.45) is 0 Å². The van der Waals surface area contributed by atoms with Gasteiger partial charge in [0.25, 0.3) is 17.7 Å². The lowest BCUT2D eigenvalue weighted by Crippen LogP contribution is -2.27. The zero-order valence-electron chi connectivity index (χ0n) is 15.0. The van der Waals surface area contributed by atoms with E-state index < -0.39 is 18.4 Å². The molecule has 1 aliphatic carbocycles. The van der Waals surface area contributed by atoms with Crippen LogP contribution < -0.4 is 15.5 Å². The average molecular weight is 387 g/mol. The van der Waals surface area contributed by atoms with Gasteiger partial charge in [-0.1, -0.05) is 0 Å². The maximum Gasteiger partial charge on any atom is 0.270 e. The summed E-state index contributed by atoms with van der Waals surface area (Å²) in [6.07, 6.45) is 5.98. The smallest absolute Gasteiger partial charge is 0.270 e. The van der Waals surface area contributed by atoms with Crippen molar-refractivity contribution in [1.29, 1.82) is 0 Å². The molecule has 0 bridgehead atoms. The lowest BCUT2D eigenvalue weighted by molar-refractivity contribution is 0.0257. The molecule has 2 aromatic rings. The lowest BCUT2D eigenvalue weighted by Gasteiger charge is -2.21. The number of alkyl halides is 2. The molecule has 28 heavy (non-hydrogen) atoms. The molecule has 2 N–H and O–H groups in total. The third-order valence-electron chi connectivity index (χ3n) is 4.72. The molecule has 9 heteroatoms. The number of hydrogen-bond acceptors (Lipinski definition) is 5. The fraction of sp³-hybridized carbons (Fsp3) is 0.368. The number of carbonyl (C=O) groups is 2. The largest absolute Gasteiger partial charge is 0.364 e. The minimum atomic E-state index is -2.75. The maximum absolute atomic E-state index is 13.6. The Balaban J connectivity index is 1.50. The van der Waals surface area contributed by atoms with E-state index >= 15 is 0 Å². The number of hydrogen-bond donors (Lipinski definition) is 2. The number of aromatic nitrogens is 2. The van der Waals surface area contributed by atoms with Crippen LogP contribution in [0, 0.1) is 0 Å². The SMILES string of the molecule is O=C(Nc1cnccc1N1CCC(F)(F)C1)c1ccnc(C(=O)NC2CC2)c1. The van der Waals surface area contributed by atoms with Crippen LogP contribution in [0.3, 0.4) is 0 Å². The fourth-order valence-corrected chi connectivity index (χ4v) is 3.08. The lowest BCUT2D eigenvalue weighted by atomic mass is 10.2. The molecule has 0 atom stereocenters. The van der Waals surface area contributed by atoms with E-state index in [1.165, 1.54) is 35.6 Å². The highest BCUT2D eigenvalue weighted by Crippen LogP contribution is 2.34.